The smallest absolute Gasteiger partial charge is 0.173 e. The summed E-state index contributed by atoms with van der Waals surface area (Å²) in [5.41, 5.74) is 7.36. The highest BCUT2D eigenvalue weighted by molar-refractivity contribution is 9.10. The quantitative estimate of drug-likeness (QED) is 0.805. The molecule has 1 aromatic heterocycles. The summed E-state index contributed by atoms with van der Waals surface area (Å²) in [7, 11) is 0. The number of nitrogens with one attached hydrogen (secondary N) is 1. The molecular weight excluding hydrogens is 340 g/mol. The van der Waals surface area contributed by atoms with Crippen LogP contribution in [0.2, 0.25) is 0 Å². The van der Waals surface area contributed by atoms with Crippen LogP contribution in [-0.2, 0) is 6.42 Å². The second-order valence-corrected chi connectivity index (χ2v) is 5.42. The maximum Gasteiger partial charge on any atom is 0.173 e. The molecule has 1 unspecified atom stereocenters. The Kier molecular flexibility index (Phi) is 5.25. The molecule has 0 bridgehead atoms. The van der Waals surface area contributed by atoms with Gasteiger partial charge in [-0.15, -0.1) is 0 Å². The van der Waals surface area contributed by atoms with E-state index in [2.05, 4.69) is 26.2 Å². The highest BCUT2D eigenvalue weighted by Gasteiger charge is 2.19. The van der Waals surface area contributed by atoms with Crippen molar-refractivity contribution in [2.75, 3.05) is 12.3 Å². The van der Waals surface area contributed by atoms with Gasteiger partial charge in [-0.05, 0) is 52.2 Å². The van der Waals surface area contributed by atoms with Gasteiger partial charge < -0.3 is 11.1 Å². The van der Waals surface area contributed by atoms with Crippen LogP contribution in [-0.4, -0.2) is 11.5 Å². The van der Waals surface area contributed by atoms with Crippen LogP contribution >= 0.6 is 15.9 Å². The van der Waals surface area contributed by atoms with Crippen molar-refractivity contribution in [2.45, 2.75) is 19.4 Å². The Morgan fingerprint density at radius 1 is 1.33 bits per heavy atom. The van der Waals surface area contributed by atoms with Crippen molar-refractivity contribution in [1.29, 1.82) is 0 Å². The van der Waals surface area contributed by atoms with Crippen LogP contribution in [0.25, 0.3) is 0 Å². The minimum atomic E-state index is -0.880. The molecule has 0 aliphatic rings. The van der Waals surface area contributed by atoms with E-state index < -0.39 is 11.6 Å². The van der Waals surface area contributed by atoms with E-state index in [1.165, 1.54) is 0 Å². The number of halogens is 3. The summed E-state index contributed by atoms with van der Waals surface area (Å²) in [4.78, 5) is 4.04. The zero-order valence-electron chi connectivity index (χ0n) is 11.5. The number of hydrogen-bond donors (Lipinski definition) is 2. The van der Waals surface area contributed by atoms with Gasteiger partial charge in [-0.25, -0.2) is 13.8 Å². The normalized spacial score (nSPS) is 12.4. The van der Waals surface area contributed by atoms with Crippen LogP contribution in [0.5, 0.6) is 0 Å². The van der Waals surface area contributed by atoms with E-state index in [-0.39, 0.29) is 10.5 Å². The van der Waals surface area contributed by atoms with E-state index >= 15 is 0 Å². The van der Waals surface area contributed by atoms with Gasteiger partial charge >= 0.3 is 0 Å². The lowest BCUT2D eigenvalue weighted by atomic mass is 9.99. The molecular formula is C15H16BrF2N3. The monoisotopic (exact) mass is 355 g/mol. The van der Waals surface area contributed by atoms with Gasteiger partial charge in [-0.1, -0.05) is 19.1 Å². The summed E-state index contributed by atoms with van der Waals surface area (Å²) >= 11 is 3.13. The number of hydrogen-bond acceptors (Lipinski definition) is 3. The Morgan fingerprint density at radius 2 is 2.10 bits per heavy atom. The molecule has 2 rings (SSSR count). The van der Waals surface area contributed by atoms with Crippen LogP contribution in [0.4, 0.5) is 14.6 Å². The molecule has 1 heterocycles. The largest absolute Gasteiger partial charge is 0.383 e. The van der Waals surface area contributed by atoms with Gasteiger partial charge in [0.2, 0.25) is 0 Å². The Morgan fingerprint density at radius 3 is 2.76 bits per heavy atom. The van der Waals surface area contributed by atoms with Crippen LogP contribution in [0.3, 0.4) is 0 Å². The maximum atomic E-state index is 13.7. The van der Waals surface area contributed by atoms with E-state index in [0.29, 0.717) is 24.3 Å². The summed E-state index contributed by atoms with van der Waals surface area (Å²) in [6.45, 7) is 2.64. The number of rotatable bonds is 5. The number of aromatic nitrogens is 1. The number of likely N-dealkylation sites (N-methyl/N-ethyl adjacent to an activating group) is 1. The van der Waals surface area contributed by atoms with Crippen LogP contribution < -0.4 is 11.1 Å². The lowest BCUT2D eigenvalue weighted by molar-refractivity contribution is 0.491. The summed E-state index contributed by atoms with van der Waals surface area (Å²) in [6.07, 6.45) is 2.16. The third-order valence-corrected chi connectivity index (χ3v) is 4.05. The Balaban J connectivity index is 2.36. The molecule has 6 heteroatoms. The van der Waals surface area contributed by atoms with Gasteiger partial charge in [0.25, 0.3) is 0 Å². The number of benzene rings is 1. The van der Waals surface area contributed by atoms with E-state index in [9.17, 15) is 8.78 Å². The lowest BCUT2D eigenvalue weighted by Gasteiger charge is -2.20. The Bertz CT molecular complexity index is 634. The maximum absolute atomic E-state index is 13.7. The molecule has 0 aliphatic carbocycles. The van der Waals surface area contributed by atoms with Gasteiger partial charge in [0.05, 0.1) is 4.47 Å². The fraction of sp³-hybridized carbons (Fsp3) is 0.267. The van der Waals surface area contributed by atoms with E-state index in [1.54, 1.807) is 18.3 Å². The van der Waals surface area contributed by atoms with E-state index in [1.807, 2.05) is 13.0 Å². The molecule has 0 radical (unpaired) electrons. The van der Waals surface area contributed by atoms with Gasteiger partial charge in [-0.2, -0.15) is 0 Å². The first-order chi connectivity index (χ1) is 10.0. The number of nitrogens with two attached hydrogens (primary N) is 1. The third-order valence-electron chi connectivity index (χ3n) is 3.24. The molecule has 3 N–H and O–H groups in total. The predicted octanol–water partition coefficient (Wildman–Crippen LogP) is 3.60. The first kappa shape index (κ1) is 15.9. The predicted molar refractivity (Wildman–Crippen MR) is 82.8 cm³/mol. The molecule has 3 nitrogen and oxygen atoms in total. The zero-order valence-corrected chi connectivity index (χ0v) is 13.1. The average Bonchev–Trinajstić information content (AvgIpc) is 2.47. The van der Waals surface area contributed by atoms with Gasteiger partial charge in [0, 0.05) is 12.2 Å². The minimum Gasteiger partial charge on any atom is -0.383 e. The standard InChI is InChI=1S/C15H16BrF2N3/c1-2-20-12(8-9-4-3-7-21-15(9)19)10-5-6-11(17)14(18)13(10)16/h3-7,12,20H,2,8H2,1H3,(H2,19,21). The first-order valence-electron chi connectivity index (χ1n) is 6.60. The van der Waals surface area contributed by atoms with Crippen molar-refractivity contribution < 1.29 is 8.78 Å². The summed E-state index contributed by atoms with van der Waals surface area (Å²) in [5, 5.41) is 3.26. The van der Waals surface area contributed by atoms with Crippen molar-refractivity contribution in [1.82, 2.24) is 10.3 Å². The van der Waals surface area contributed by atoms with Crippen LogP contribution in [0.1, 0.15) is 24.1 Å². The van der Waals surface area contributed by atoms with Crippen LogP contribution in [0, 0.1) is 11.6 Å². The highest BCUT2D eigenvalue weighted by Crippen LogP contribution is 2.30. The third kappa shape index (κ3) is 3.57. The molecule has 0 aliphatic heterocycles. The number of anilines is 1. The summed E-state index contributed by atoms with van der Waals surface area (Å²) in [5.74, 6) is -1.31. The molecule has 0 amide bonds. The second kappa shape index (κ2) is 6.95. The molecule has 0 spiro atoms. The minimum absolute atomic E-state index is 0.135. The van der Waals surface area contributed by atoms with Gasteiger partial charge in [0.1, 0.15) is 5.82 Å². The average molecular weight is 356 g/mol. The van der Waals surface area contributed by atoms with Gasteiger partial charge in [-0.3, -0.25) is 0 Å². The zero-order chi connectivity index (χ0) is 15.4. The summed E-state index contributed by atoms with van der Waals surface area (Å²) < 4.78 is 27.1. The van der Waals surface area contributed by atoms with E-state index in [0.717, 1.165) is 11.6 Å². The Labute approximate surface area is 130 Å². The molecule has 21 heavy (non-hydrogen) atoms. The van der Waals surface area contributed by atoms with E-state index in [4.69, 9.17) is 5.73 Å². The fourth-order valence-corrected chi connectivity index (χ4v) is 2.79. The molecule has 0 saturated carbocycles. The molecule has 0 saturated heterocycles. The van der Waals surface area contributed by atoms with Crippen LogP contribution in [0.15, 0.2) is 34.9 Å². The van der Waals surface area contributed by atoms with Crippen molar-refractivity contribution >= 4 is 21.7 Å². The molecule has 112 valence electrons. The number of nitrogen functional groups attached to an aromatic ring is 1. The first-order valence-corrected chi connectivity index (χ1v) is 7.40. The topological polar surface area (TPSA) is 50.9 Å². The van der Waals surface area contributed by atoms with Crippen molar-refractivity contribution in [2.24, 2.45) is 0 Å². The highest BCUT2D eigenvalue weighted by atomic mass is 79.9. The molecule has 2 aromatic rings. The van der Waals surface area contributed by atoms with Gasteiger partial charge in [0.15, 0.2) is 11.6 Å². The second-order valence-electron chi connectivity index (χ2n) is 4.63. The Hall–Kier alpha value is -1.53. The van der Waals surface area contributed by atoms with Crippen molar-refractivity contribution in [3.05, 3.63) is 57.7 Å². The number of nitrogens with zero attached hydrogens (tertiary/aromatic N) is 1. The number of pyridine rings is 1. The molecule has 1 atom stereocenters. The molecule has 0 fully saturated rings. The lowest BCUT2D eigenvalue weighted by Crippen LogP contribution is -2.24. The SMILES string of the molecule is CCNC(Cc1cccnc1N)c1ccc(F)c(F)c1Br. The van der Waals surface area contributed by atoms with Crippen molar-refractivity contribution in [3.63, 3.8) is 0 Å². The summed E-state index contributed by atoms with van der Waals surface area (Å²) in [6, 6.07) is 6.19. The van der Waals surface area contributed by atoms with Crippen molar-refractivity contribution in [3.8, 4) is 0 Å². The fourth-order valence-electron chi connectivity index (χ4n) is 2.19. The molecule has 1 aromatic carbocycles.